The third-order valence-corrected chi connectivity index (χ3v) is 3.98. The van der Waals surface area contributed by atoms with Gasteiger partial charge in [0, 0.05) is 44.2 Å². The van der Waals surface area contributed by atoms with Crippen molar-refractivity contribution in [1.82, 2.24) is 20.2 Å². The second-order valence-corrected chi connectivity index (χ2v) is 6.02. The Morgan fingerprint density at radius 2 is 2.04 bits per heavy atom. The van der Waals surface area contributed by atoms with Crippen molar-refractivity contribution in [3.63, 3.8) is 0 Å². The highest BCUT2D eigenvalue weighted by Gasteiger charge is 2.32. The Balaban J connectivity index is 1.78. The molecule has 0 amide bonds. The molecule has 1 atom stereocenters. The maximum absolute atomic E-state index is 12.5. The van der Waals surface area contributed by atoms with Gasteiger partial charge < -0.3 is 15.4 Å². The monoisotopic (exact) mass is 355 g/mol. The maximum Gasteiger partial charge on any atom is 0.573 e. The summed E-state index contributed by atoms with van der Waals surface area (Å²) in [6, 6.07) is 4.51. The molecule has 6 nitrogen and oxygen atoms in total. The lowest BCUT2D eigenvalue weighted by atomic mass is 10.2. The van der Waals surface area contributed by atoms with Crippen LogP contribution in [0.2, 0.25) is 0 Å². The first kappa shape index (κ1) is 17.7. The lowest BCUT2D eigenvalue weighted by Gasteiger charge is -2.30. The fraction of sp³-hybridized carbons (Fsp3) is 0.500. The molecular formula is C16H20F3N5O. The maximum atomic E-state index is 12.5. The average molecular weight is 355 g/mol. The second kappa shape index (κ2) is 7.40. The van der Waals surface area contributed by atoms with E-state index < -0.39 is 6.36 Å². The molecule has 9 heteroatoms. The van der Waals surface area contributed by atoms with Gasteiger partial charge in [0.25, 0.3) is 0 Å². The van der Waals surface area contributed by atoms with E-state index in [1.807, 2.05) is 6.92 Å². The highest BCUT2D eigenvalue weighted by Crippen LogP contribution is 2.31. The fourth-order valence-corrected chi connectivity index (χ4v) is 2.94. The van der Waals surface area contributed by atoms with E-state index in [4.69, 9.17) is 0 Å². The topological polar surface area (TPSA) is 62.3 Å². The molecule has 0 spiro atoms. The molecule has 0 saturated carbocycles. The predicted octanol–water partition coefficient (Wildman–Crippen LogP) is 2.23. The van der Waals surface area contributed by atoms with Crippen molar-refractivity contribution >= 4 is 16.7 Å². The molecule has 2 aromatic rings. The van der Waals surface area contributed by atoms with E-state index in [9.17, 15) is 13.2 Å². The summed E-state index contributed by atoms with van der Waals surface area (Å²) in [6.07, 6.45) is -3.52. The van der Waals surface area contributed by atoms with Crippen molar-refractivity contribution in [2.75, 3.05) is 38.0 Å². The summed E-state index contributed by atoms with van der Waals surface area (Å²) in [4.78, 5) is 10.5. The molecule has 1 aliphatic rings. The van der Waals surface area contributed by atoms with Gasteiger partial charge in [-0.05, 0) is 19.1 Å². The molecule has 1 saturated heterocycles. The Kier molecular flexibility index (Phi) is 5.24. The first-order chi connectivity index (χ1) is 11.9. The van der Waals surface area contributed by atoms with Gasteiger partial charge in [-0.2, -0.15) is 0 Å². The van der Waals surface area contributed by atoms with E-state index in [1.165, 1.54) is 18.5 Å². The van der Waals surface area contributed by atoms with Crippen LogP contribution in [0.4, 0.5) is 19.0 Å². The number of hydrogen-bond acceptors (Lipinski definition) is 6. The molecule has 0 aliphatic carbocycles. The molecule has 3 rings (SSSR count). The number of alkyl halides is 3. The number of fused-ring (bicyclic) bond motifs is 1. The Morgan fingerprint density at radius 3 is 2.76 bits per heavy atom. The molecule has 0 bridgehead atoms. The molecule has 0 unspecified atom stereocenters. The van der Waals surface area contributed by atoms with Crippen LogP contribution in [0.25, 0.3) is 10.9 Å². The molecule has 2 N–H and O–H groups in total. The van der Waals surface area contributed by atoms with Crippen molar-refractivity contribution in [3.05, 3.63) is 24.5 Å². The third kappa shape index (κ3) is 4.70. The number of piperazine rings is 1. The number of anilines is 1. The van der Waals surface area contributed by atoms with E-state index in [2.05, 4.69) is 30.2 Å². The summed E-state index contributed by atoms with van der Waals surface area (Å²) in [5.74, 6) is 0.172. The van der Waals surface area contributed by atoms with Crippen molar-refractivity contribution in [2.24, 2.45) is 0 Å². The molecule has 0 radical (unpaired) electrons. The van der Waals surface area contributed by atoms with Crippen molar-refractivity contribution in [3.8, 4) is 5.75 Å². The van der Waals surface area contributed by atoms with Crippen molar-refractivity contribution < 1.29 is 17.9 Å². The van der Waals surface area contributed by atoms with Crippen LogP contribution in [0.5, 0.6) is 5.75 Å². The second-order valence-electron chi connectivity index (χ2n) is 6.02. The van der Waals surface area contributed by atoms with Gasteiger partial charge in [-0.25, -0.2) is 9.97 Å². The number of benzene rings is 1. The number of halogens is 3. The first-order valence-corrected chi connectivity index (χ1v) is 8.11. The van der Waals surface area contributed by atoms with Gasteiger partial charge >= 0.3 is 6.36 Å². The molecule has 1 aromatic heterocycles. The number of nitrogens with zero attached hydrogens (tertiary/aromatic N) is 3. The lowest BCUT2D eigenvalue weighted by molar-refractivity contribution is -0.274. The van der Waals surface area contributed by atoms with Crippen molar-refractivity contribution in [1.29, 1.82) is 0 Å². The van der Waals surface area contributed by atoms with E-state index in [1.54, 1.807) is 6.07 Å². The highest BCUT2D eigenvalue weighted by molar-refractivity contribution is 5.92. The number of para-hydroxylation sites is 1. The van der Waals surface area contributed by atoms with Crippen LogP contribution in [-0.4, -0.2) is 60.0 Å². The minimum Gasteiger partial charge on any atom is -0.403 e. The molecule has 1 fully saturated rings. The van der Waals surface area contributed by atoms with E-state index in [-0.39, 0.29) is 17.3 Å². The van der Waals surface area contributed by atoms with Crippen LogP contribution in [0, 0.1) is 0 Å². The number of nitrogens with one attached hydrogen (secondary N) is 2. The van der Waals surface area contributed by atoms with Crippen LogP contribution < -0.4 is 15.4 Å². The van der Waals surface area contributed by atoms with Gasteiger partial charge in [0.15, 0.2) is 5.75 Å². The van der Waals surface area contributed by atoms with Crippen molar-refractivity contribution in [2.45, 2.75) is 19.3 Å². The quantitative estimate of drug-likeness (QED) is 0.858. The number of aromatic nitrogens is 2. The minimum atomic E-state index is -4.76. The third-order valence-electron chi connectivity index (χ3n) is 3.98. The van der Waals surface area contributed by atoms with Gasteiger partial charge in [-0.15, -0.1) is 13.2 Å². The van der Waals surface area contributed by atoms with Crippen LogP contribution in [-0.2, 0) is 0 Å². The smallest absolute Gasteiger partial charge is 0.403 e. The van der Waals surface area contributed by atoms with Gasteiger partial charge in [0.1, 0.15) is 17.7 Å². The minimum absolute atomic E-state index is 0.0865. The summed E-state index contributed by atoms with van der Waals surface area (Å²) in [7, 11) is 0. The predicted molar refractivity (Wildman–Crippen MR) is 88.6 cm³/mol. The fourth-order valence-electron chi connectivity index (χ4n) is 2.94. The zero-order valence-electron chi connectivity index (χ0n) is 13.8. The van der Waals surface area contributed by atoms with Gasteiger partial charge in [0.2, 0.25) is 0 Å². The average Bonchev–Trinajstić information content (AvgIpc) is 2.55. The SMILES string of the molecule is C[C@@H](CN1CCNCC1)Nc1ncnc2c(OC(F)(F)F)cccc12. The number of ether oxygens (including phenoxy) is 1. The first-order valence-electron chi connectivity index (χ1n) is 8.11. The summed E-state index contributed by atoms with van der Waals surface area (Å²) < 4.78 is 41.7. The van der Waals surface area contributed by atoms with Crippen LogP contribution >= 0.6 is 0 Å². The van der Waals surface area contributed by atoms with Gasteiger partial charge in [-0.1, -0.05) is 6.07 Å². The summed E-state index contributed by atoms with van der Waals surface area (Å²) in [5, 5.41) is 7.07. The van der Waals surface area contributed by atoms with E-state index in [0.717, 1.165) is 32.7 Å². The Labute approximate surface area is 143 Å². The molecule has 25 heavy (non-hydrogen) atoms. The Bertz CT molecular complexity index is 718. The Hall–Kier alpha value is -2.13. The van der Waals surface area contributed by atoms with Crippen LogP contribution in [0.15, 0.2) is 24.5 Å². The zero-order chi connectivity index (χ0) is 17.9. The molecule has 136 valence electrons. The molecule has 1 aliphatic heterocycles. The van der Waals surface area contributed by atoms with E-state index >= 15 is 0 Å². The largest absolute Gasteiger partial charge is 0.573 e. The normalized spacial score (nSPS) is 17.4. The highest BCUT2D eigenvalue weighted by atomic mass is 19.4. The summed E-state index contributed by atoms with van der Waals surface area (Å²) in [5.41, 5.74) is 0.131. The van der Waals surface area contributed by atoms with Crippen LogP contribution in [0.1, 0.15) is 6.92 Å². The Morgan fingerprint density at radius 1 is 1.28 bits per heavy atom. The summed E-state index contributed by atoms with van der Waals surface area (Å²) in [6.45, 7) is 6.71. The van der Waals surface area contributed by atoms with Gasteiger partial charge in [0.05, 0.1) is 0 Å². The number of rotatable bonds is 5. The lowest BCUT2D eigenvalue weighted by Crippen LogP contribution is -2.47. The number of hydrogen-bond donors (Lipinski definition) is 2. The van der Waals surface area contributed by atoms with Crippen LogP contribution in [0.3, 0.4) is 0 Å². The standard InChI is InChI=1S/C16H20F3N5O/c1-11(9-24-7-5-20-6-8-24)23-15-12-3-2-4-13(25-16(17,18)19)14(12)21-10-22-15/h2-4,10-11,20H,5-9H2,1H3,(H,21,22,23)/t11-/m0/s1. The molecular weight excluding hydrogens is 335 g/mol. The zero-order valence-corrected chi connectivity index (χ0v) is 13.8. The van der Waals surface area contributed by atoms with E-state index in [0.29, 0.717) is 11.2 Å². The summed E-state index contributed by atoms with van der Waals surface area (Å²) >= 11 is 0. The molecule has 1 aromatic carbocycles. The van der Waals surface area contributed by atoms with Gasteiger partial charge in [-0.3, -0.25) is 4.90 Å². The molecule has 2 heterocycles.